The molecule has 0 aromatic heterocycles. The number of aliphatic hydroxyl groups excluding tert-OH is 1. The molecule has 5 atom stereocenters. The number of hydrogen-bond donors (Lipinski definition) is 3. The molecular formula is C66H128O17P2. The van der Waals surface area contributed by atoms with Crippen LogP contribution in [0.3, 0.4) is 0 Å². The van der Waals surface area contributed by atoms with Gasteiger partial charge >= 0.3 is 39.5 Å². The molecule has 0 amide bonds. The second-order valence-corrected chi connectivity index (χ2v) is 27.7. The molecule has 0 bridgehead atoms. The molecule has 0 heterocycles. The van der Waals surface area contributed by atoms with Crippen LogP contribution in [0, 0.1) is 11.8 Å². The molecule has 0 rings (SSSR count). The molecule has 0 aliphatic carbocycles. The summed E-state index contributed by atoms with van der Waals surface area (Å²) in [5.74, 6) is -0.605. The zero-order chi connectivity index (χ0) is 62.9. The maximum absolute atomic E-state index is 13.0. The molecule has 0 saturated heterocycles. The Morgan fingerprint density at radius 1 is 0.318 bits per heavy atom. The topological polar surface area (TPSA) is 237 Å². The average molecular weight is 1260 g/mol. The molecule has 0 aliphatic heterocycles. The van der Waals surface area contributed by atoms with Crippen LogP contribution in [0.1, 0.15) is 330 Å². The molecule has 0 radical (unpaired) electrons. The number of carbonyl (C=O) groups excluding carboxylic acids is 4. The Morgan fingerprint density at radius 2 is 0.541 bits per heavy atom. The number of unbranched alkanes of at least 4 members (excludes halogenated alkanes) is 35. The first-order chi connectivity index (χ1) is 40.9. The number of phosphoric ester groups is 2. The van der Waals surface area contributed by atoms with Crippen LogP contribution in [0.25, 0.3) is 0 Å². The molecule has 504 valence electrons. The van der Waals surface area contributed by atoms with Gasteiger partial charge in [0.1, 0.15) is 19.3 Å². The van der Waals surface area contributed by atoms with Crippen LogP contribution in [-0.4, -0.2) is 96.7 Å². The number of aliphatic hydroxyl groups is 1. The van der Waals surface area contributed by atoms with Crippen LogP contribution < -0.4 is 0 Å². The second kappa shape index (κ2) is 58.4. The number of ether oxygens (including phenoxy) is 4. The van der Waals surface area contributed by atoms with E-state index in [4.69, 9.17) is 37.0 Å². The predicted octanol–water partition coefficient (Wildman–Crippen LogP) is 18.4. The standard InChI is InChI=1S/C66H128O17P2/c1-7-9-11-13-14-15-16-20-27-32-38-44-50-65(70)82-61(54-76-63(68)48-42-34-12-10-8-2)56-80-84(72,73)78-52-60(67)53-79-85(74,75)81-57-62(55-77-64(69)49-43-37-31-26-23-22-25-30-36-41-47-59(5)6)83-66(71)51-45-39-33-28-21-18-17-19-24-29-35-40-46-58(3)4/h58-62,67H,7-57H2,1-6H3,(H,72,73)(H,74,75)/t60-,61+,62+/m0/s1. The molecule has 0 aliphatic rings. The van der Waals surface area contributed by atoms with Gasteiger partial charge in [0.2, 0.25) is 0 Å². The minimum absolute atomic E-state index is 0.106. The van der Waals surface area contributed by atoms with Crippen molar-refractivity contribution in [1.29, 1.82) is 0 Å². The lowest BCUT2D eigenvalue weighted by Gasteiger charge is -2.21. The van der Waals surface area contributed by atoms with E-state index in [1.165, 1.54) is 141 Å². The monoisotopic (exact) mass is 1250 g/mol. The van der Waals surface area contributed by atoms with Crippen LogP contribution in [0.5, 0.6) is 0 Å². The Balaban J connectivity index is 5.18. The third-order valence-electron chi connectivity index (χ3n) is 15.2. The van der Waals surface area contributed by atoms with Crippen molar-refractivity contribution in [3.8, 4) is 0 Å². The molecule has 0 saturated carbocycles. The molecule has 85 heavy (non-hydrogen) atoms. The van der Waals surface area contributed by atoms with Crippen molar-refractivity contribution in [3.63, 3.8) is 0 Å². The number of carbonyl (C=O) groups is 4. The molecule has 0 aromatic carbocycles. The molecule has 3 N–H and O–H groups in total. The van der Waals surface area contributed by atoms with Crippen molar-refractivity contribution >= 4 is 39.5 Å². The van der Waals surface area contributed by atoms with Gasteiger partial charge in [-0.05, 0) is 37.5 Å². The summed E-state index contributed by atoms with van der Waals surface area (Å²) in [4.78, 5) is 72.1. The lowest BCUT2D eigenvalue weighted by molar-refractivity contribution is -0.161. The normalized spacial score (nSPS) is 14.2. The minimum Gasteiger partial charge on any atom is -0.462 e. The van der Waals surface area contributed by atoms with Crippen LogP contribution >= 0.6 is 15.6 Å². The van der Waals surface area contributed by atoms with E-state index < -0.39 is 97.5 Å². The number of esters is 4. The van der Waals surface area contributed by atoms with Gasteiger partial charge in [-0.3, -0.25) is 37.3 Å². The fourth-order valence-electron chi connectivity index (χ4n) is 9.88. The lowest BCUT2D eigenvalue weighted by Crippen LogP contribution is -2.30. The maximum Gasteiger partial charge on any atom is 0.472 e. The highest BCUT2D eigenvalue weighted by molar-refractivity contribution is 7.47. The van der Waals surface area contributed by atoms with E-state index in [1.807, 2.05) is 0 Å². The first-order valence-corrected chi connectivity index (χ1v) is 37.5. The summed E-state index contributed by atoms with van der Waals surface area (Å²) in [6.07, 6.45) is 41.9. The summed E-state index contributed by atoms with van der Waals surface area (Å²) < 4.78 is 67.9. The van der Waals surface area contributed by atoms with Crippen LogP contribution in [0.4, 0.5) is 0 Å². The highest BCUT2D eigenvalue weighted by Gasteiger charge is 2.30. The first kappa shape index (κ1) is 83.1. The van der Waals surface area contributed by atoms with E-state index in [0.717, 1.165) is 108 Å². The van der Waals surface area contributed by atoms with E-state index in [9.17, 15) is 43.2 Å². The van der Waals surface area contributed by atoms with Gasteiger partial charge in [0.15, 0.2) is 12.2 Å². The van der Waals surface area contributed by atoms with Crippen LogP contribution in [0.15, 0.2) is 0 Å². The van der Waals surface area contributed by atoms with Crippen molar-refractivity contribution in [2.24, 2.45) is 11.8 Å². The van der Waals surface area contributed by atoms with E-state index >= 15 is 0 Å². The number of hydrogen-bond acceptors (Lipinski definition) is 15. The van der Waals surface area contributed by atoms with Crippen molar-refractivity contribution in [2.75, 3.05) is 39.6 Å². The van der Waals surface area contributed by atoms with E-state index in [-0.39, 0.29) is 25.7 Å². The molecule has 0 spiro atoms. The Bertz CT molecular complexity index is 1670. The summed E-state index contributed by atoms with van der Waals surface area (Å²) >= 11 is 0. The largest absolute Gasteiger partial charge is 0.472 e. The molecule has 2 unspecified atom stereocenters. The zero-order valence-corrected chi connectivity index (χ0v) is 56.7. The smallest absolute Gasteiger partial charge is 0.462 e. The average Bonchev–Trinajstić information content (AvgIpc) is 3.54. The van der Waals surface area contributed by atoms with Crippen molar-refractivity contribution < 1.29 is 80.2 Å². The molecule has 0 aromatic rings. The fourth-order valence-corrected chi connectivity index (χ4v) is 11.5. The maximum atomic E-state index is 13.0. The van der Waals surface area contributed by atoms with Gasteiger partial charge in [-0.15, -0.1) is 0 Å². The minimum atomic E-state index is -4.95. The summed E-state index contributed by atoms with van der Waals surface area (Å²) in [5, 5.41) is 10.5. The third-order valence-corrected chi connectivity index (χ3v) is 17.1. The Hall–Kier alpha value is -1.94. The van der Waals surface area contributed by atoms with Crippen molar-refractivity contribution in [1.82, 2.24) is 0 Å². The molecule has 17 nitrogen and oxygen atoms in total. The van der Waals surface area contributed by atoms with Gasteiger partial charge in [-0.25, -0.2) is 9.13 Å². The predicted molar refractivity (Wildman–Crippen MR) is 340 cm³/mol. The Kier molecular flexibility index (Phi) is 57.1. The lowest BCUT2D eigenvalue weighted by atomic mass is 10.0. The van der Waals surface area contributed by atoms with Gasteiger partial charge < -0.3 is 33.8 Å². The van der Waals surface area contributed by atoms with Crippen molar-refractivity contribution in [2.45, 2.75) is 349 Å². The van der Waals surface area contributed by atoms with Gasteiger partial charge in [0.05, 0.1) is 26.4 Å². The highest BCUT2D eigenvalue weighted by atomic mass is 31.2. The highest BCUT2D eigenvalue weighted by Crippen LogP contribution is 2.45. The Morgan fingerprint density at radius 3 is 0.800 bits per heavy atom. The zero-order valence-electron chi connectivity index (χ0n) is 54.9. The molecule has 19 heteroatoms. The second-order valence-electron chi connectivity index (χ2n) is 24.8. The van der Waals surface area contributed by atoms with E-state index in [1.54, 1.807) is 0 Å². The number of rotatable bonds is 65. The Labute approximate surface area is 517 Å². The van der Waals surface area contributed by atoms with E-state index in [0.29, 0.717) is 25.7 Å². The summed E-state index contributed by atoms with van der Waals surface area (Å²) in [6, 6.07) is 0. The van der Waals surface area contributed by atoms with E-state index in [2.05, 4.69) is 41.5 Å². The van der Waals surface area contributed by atoms with Crippen LogP contribution in [-0.2, 0) is 65.4 Å². The van der Waals surface area contributed by atoms with Gasteiger partial charge in [0.25, 0.3) is 0 Å². The van der Waals surface area contributed by atoms with Gasteiger partial charge in [-0.2, -0.15) is 0 Å². The third kappa shape index (κ3) is 60.7. The quantitative estimate of drug-likeness (QED) is 0.0222. The summed E-state index contributed by atoms with van der Waals surface area (Å²) in [6.45, 7) is 9.43. The number of phosphoric acid groups is 2. The van der Waals surface area contributed by atoms with Crippen molar-refractivity contribution in [3.05, 3.63) is 0 Å². The van der Waals surface area contributed by atoms with Crippen LogP contribution in [0.2, 0.25) is 0 Å². The fraction of sp³-hybridized carbons (Fsp3) is 0.939. The summed E-state index contributed by atoms with van der Waals surface area (Å²) in [5.41, 5.74) is 0. The van der Waals surface area contributed by atoms with Gasteiger partial charge in [0, 0.05) is 25.7 Å². The first-order valence-electron chi connectivity index (χ1n) is 34.5. The molecule has 0 fully saturated rings. The molecular weight excluding hydrogens is 1130 g/mol. The summed E-state index contributed by atoms with van der Waals surface area (Å²) in [7, 11) is -9.88. The van der Waals surface area contributed by atoms with Gasteiger partial charge in [-0.1, -0.05) is 279 Å². The SMILES string of the molecule is CCCCCCCCCCCCCCC(=O)O[C@H](COC(=O)CCCCCCC)COP(=O)(O)OC[C@H](O)COP(=O)(O)OC[C@@H](COC(=O)CCCCCCCCCCCCC(C)C)OC(=O)CCCCCCCCCCCCCCC(C)C.